The molecule has 2 heterocycles. The van der Waals surface area contributed by atoms with Crippen LogP contribution < -0.4 is 5.32 Å². The fourth-order valence-corrected chi connectivity index (χ4v) is 3.47. The number of carbonyl (C=O) groups is 1. The summed E-state index contributed by atoms with van der Waals surface area (Å²) in [6, 6.07) is 4.01. The van der Waals surface area contributed by atoms with E-state index in [2.05, 4.69) is 15.3 Å². The minimum atomic E-state index is -0.351. The number of nitrogens with zero attached hydrogens (tertiary/aromatic N) is 1. The molecule has 2 aromatic heterocycles. The lowest BCUT2D eigenvalue weighted by molar-refractivity contribution is 0.0942. The minimum absolute atomic E-state index is 0.273. The van der Waals surface area contributed by atoms with Gasteiger partial charge in [-0.15, -0.1) is 11.3 Å². The first-order chi connectivity index (χ1) is 10.1. The molecule has 0 saturated carbocycles. The zero-order chi connectivity index (χ0) is 15.0. The number of H-pyrrole nitrogens is 1. The number of aromatic nitrogens is 2. The first kappa shape index (κ1) is 14.0. The average Bonchev–Trinajstić information content (AvgIpc) is 3.07. The number of benzene rings is 1. The van der Waals surface area contributed by atoms with E-state index in [0.717, 1.165) is 0 Å². The molecule has 21 heavy (non-hydrogen) atoms. The van der Waals surface area contributed by atoms with Gasteiger partial charge in [0, 0.05) is 22.5 Å². The molecular formula is C14H11ClFN3OS. The van der Waals surface area contributed by atoms with Crippen LogP contribution >= 0.6 is 22.9 Å². The van der Waals surface area contributed by atoms with E-state index in [0.29, 0.717) is 25.8 Å². The van der Waals surface area contributed by atoms with Gasteiger partial charge < -0.3 is 10.3 Å². The van der Waals surface area contributed by atoms with Crippen molar-refractivity contribution in [1.82, 2.24) is 15.3 Å². The van der Waals surface area contributed by atoms with Crippen LogP contribution in [0.5, 0.6) is 0 Å². The summed E-state index contributed by atoms with van der Waals surface area (Å²) in [5, 5.41) is 3.84. The first-order valence-electron chi connectivity index (χ1n) is 6.24. The molecule has 3 aromatic rings. The molecule has 1 unspecified atom stereocenters. The van der Waals surface area contributed by atoms with Crippen LogP contribution in [0, 0.1) is 5.82 Å². The largest absolute Gasteiger partial charge is 0.347 e. The third kappa shape index (κ3) is 2.64. The van der Waals surface area contributed by atoms with Gasteiger partial charge in [-0.05, 0) is 25.1 Å². The number of fused-ring (bicyclic) bond motifs is 1. The molecule has 0 radical (unpaired) electrons. The Labute approximate surface area is 129 Å². The monoisotopic (exact) mass is 323 g/mol. The predicted octanol–water partition coefficient (Wildman–Crippen LogP) is 3.91. The van der Waals surface area contributed by atoms with Crippen molar-refractivity contribution in [2.75, 3.05) is 0 Å². The molecule has 108 valence electrons. The number of nitrogens with one attached hydrogen (secondary N) is 2. The lowest BCUT2D eigenvalue weighted by Gasteiger charge is -2.10. The van der Waals surface area contributed by atoms with Crippen molar-refractivity contribution in [3.63, 3.8) is 0 Å². The Morgan fingerprint density at radius 3 is 3.05 bits per heavy atom. The van der Waals surface area contributed by atoms with Crippen molar-refractivity contribution in [1.29, 1.82) is 0 Å². The Hall–Kier alpha value is -1.92. The van der Waals surface area contributed by atoms with E-state index < -0.39 is 0 Å². The van der Waals surface area contributed by atoms with Crippen LogP contribution in [-0.2, 0) is 0 Å². The minimum Gasteiger partial charge on any atom is -0.347 e. The zero-order valence-electron chi connectivity index (χ0n) is 11.0. The number of imidazole rings is 1. The summed E-state index contributed by atoms with van der Waals surface area (Å²) in [5.74, 6) is 0.00784. The summed E-state index contributed by atoms with van der Waals surface area (Å²) in [5.41, 5.74) is 0. The summed E-state index contributed by atoms with van der Waals surface area (Å²) in [6.45, 7) is 1.82. The number of hydrogen-bond acceptors (Lipinski definition) is 3. The van der Waals surface area contributed by atoms with Gasteiger partial charge in [0.1, 0.15) is 16.5 Å². The van der Waals surface area contributed by atoms with E-state index in [1.807, 2.05) is 6.92 Å². The van der Waals surface area contributed by atoms with Crippen LogP contribution in [0.3, 0.4) is 0 Å². The van der Waals surface area contributed by atoms with Crippen LogP contribution in [0.1, 0.15) is 28.5 Å². The highest BCUT2D eigenvalue weighted by Gasteiger charge is 2.20. The Morgan fingerprint density at radius 1 is 1.52 bits per heavy atom. The molecule has 1 aromatic carbocycles. The first-order valence-corrected chi connectivity index (χ1v) is 7.43. The molecule has 0 aliphatic rings. The van der Waals surface area contributed by atoms with E-state index >= 15 is 0 Å². The molecule has 7 heteroatoms. The highest BCUT2D eigenvalue weighted by molar-refractivity contribution is 7.21. The van der Waals surface area contributed by atoms with E-state index in [9.17, 15) is 9.18 Å². The van der Waals surface area contributed by atoms with Gasteiger partial charge >= 0.3 is 0 Å². The van der Waals surface area contributed by atoms with E-state index in [-0.39, 0.29) is 17.8 Å². The quantitative estimate of drug-likeness (QED) is 0.767. The molecule has 3 rings (SSSR count). The van der Waals surface area contributed by atoms with Crippen molar-refractivity contribution in [3.05, 3.63) is 52.1 Å². The fraction of sp³-hybridized carbons (Fsp3) is 0.143. The van der Waals surface area contributed by atoms with E-state index in [1.54, 1.807) is 18.5 Å². The van der Waals surface area contributed by atoms with Crippen LogP contribution in [0.4, 0.5) is 4.39 Å². The van der Waals surface area contributed by atoms with Crippen molar-refractivity contribution in [2.45, 2.75) is 13.0 Å². The van der Waals surface area contributed by atoms with E-state index in [1.165, 1.54) is 23.5 Å². The second-order valence-corrected chi connectivity index (χ2v) is 5.99. The number of rotatable bonds is 3. The third-order valence-corrected chi connectivity index (χ3v) is 4.73. The van der Waals surface area contributed by atoms with Gasteiger partial charge in [-0.3, -0.25) is 4.79 Å². The molecule has 2 N–H and O–H groups in total. The SMILES string of the molecule is CC(NC(=O)c1sc2cc(F)ccc2c1Cl)c1ncc[nH]1. The van der Waals surface area contributed by atoms with Gasteiger partial charge in [-0.25, -0.2) is 9.37 Å². The summed E-state index contributed by atoms with van der Waals surface area (Å²) < 4.78 is 13.9. The lowest BCUT2D eigenvalue weighted by Crippen LogP contribution is -2.26. The maximum absolute atomic E-state index is 13.2. The number of carbonyl (C=O) groups excluding carboxylic acids is 1. The summed E-state index contributed by atoms with van der Waals surface area (Å²) in [4.78, 5) is 19.7. The third-order valence-electron chi connectivity index (χ3n) is 3.07. The fourth-order valence-electron chi connectivity index (χ4n) is 2.03. The van der Waals surface area contributed by atoms with Crippen LogP contribution in [-0.4, -0.2) is 15.9 Å². The van der Waals surface area contributed by atoms with Crippen LogP contribution in [0.15, 0.2) is 30.6 Å². The summed E-state index contributed by atoms with van der Waals surface area (Å²) in [6.07, 6.45) is 3.31. The Bertz CT molecular complexity index is 800. The lowest BCUT2D eigenvalue weighted by atomic mass is 10.2. The van der Waals surface area contributed by atoms with Gasteiger partial charge in [0.25, 0.3) is 5.91 Å². The van der Waals surface area contributed by atoms with Gasteiger partial charge in [0.05, 0.1) is 11.1 Å². The Kier molecular flexibility index (Phi) is 3.65. The second kappa shape index (κ2) is 5.46. The molecule has 0 saturated heterocycles. The van der Waals surface area contributed by atoms with Crippen molar-refractivity contribution in [3.8, 4) is 0 Å². The van der Waals surface area contributed by atoms with Gasteiger partial charge in [0.2, 0.25) is 0 Å². The summed E-state index contributed by atoms with van der Waals surface area (Å²) >= 11 is 7.39. The van der Waals surface area contributed by atoms with E-state index in [4.69, 9.17) is 11.6 Å². The molecule has 0 spiro atoms. The zero-order valence-corrected chi connectivity index (χ0v) is 12.6. The molecule has 1 atom stereocenters. The summed E-state index contributed by atoms with van der Waals surface area (Å²) in [7, 11) is 0. The van der Waals surface area contributed by atoms with Crippen LogP contribution in [0.2, 0.25) is 5.02 Å². The molecule has 0 bridgehead atoms. The smallest absolute Gasteiger partial charge is 0.263 e. The molecule has 0 aliphatic carbocycles. The molecule has 0 aliphatic heterocycles. The molecule has 4 nitrogen and oxygen atoms in total. The normalized spacial score (nSPS) is 12.5. The van der Waals surface area contributed by atoms with Crippen molar-refractivity contribution >= 4 is 38.9 Å². The molecule has 0 fully saturated rings. The van der Waals surface area contributed by atoms with Crippen molar-refractivity contribution in [2.24, 2.45) is 0 Å². The highest BCUT2D eigenvalue weighted by Crippen LogP contribution is 2.35. The number of thiophene rings is 1. The number of halogens is 2. The predicted molar refractivity (Wildman–Crippen MR) is 81.3 cm³/mol. The Morgan fingerprint density at radius 2 is 2.33 bits per heavy atom. The maximum Gasteiger partial charge on any atom is 0.263 e. The Balaban J connectivity index is 1.89. The number of amides is 1. The number of hydrogen-bond donors (Lipinski definition) is 2. The number of aromatic amines is 1. The highest BCUT2D eigenvalue weighted by atomic mass is 35.5. The van der Waals surface area contributed by atoms with Crippen LogP contribution in [0.25, 0.3) is 10.1 Å². The van der Waals surface area contributed by atoms with Gasteiger partial charge in [0.15, 0.2) is 0 Å². The van der Waals surface area contributed by atoms with Gasteiger partial charge in [-0.2, -0.15) is 0 Å². The maximum atomic E-state index is 13.2. The average molecular weight is 324 g/mol. The van der Waals surface area contributed by atoms with Gasteiger partial charge in [-0.1, -0.05) is 11.6 Å². The second-order valence-electron chi connectivity index (χ2n) is 4.56. The molecular weight excluding hydrogens is 313 g/mol. The van der Waals surface area contributed by atoms with Crippen molar-refractivity contribution < 1.29 is 9.18 Å². The topological polar surface area (TPSA) is 57.8 Å². The molecule has 1 amide bonds. The standard InChI is InChI=1S/C14H11ClFN3OS/c1-7(13-17-4-5-18-13)19-14(20)12-11(15)9-3-2-8(16)6-10(9)21-12/h2-7H,1H3,(H,17,18)(H,19,20).